The van der Waals surface area contributed by atoms with E-state index >= 15 is 0 Å². The Morgan fingerprint density at radius 3 is 2.27 bits per heavy atom. The summed E-state index contributed by atoms with van der Waals surface area (Å²) in [6.07, 6.45) is 0. The van der Waals surface area contributed by atoms with E-state index in [2.05, 4.69) is 5.32 Å². The number of carbonyl (C=O) groups excluding carboxylic acids is 1. The summed E-state index contributed by atoms with van der Waals surface area (Å²) < 4.78 is 65.6. The van der Waals surface area contributed by atoms with E-state index in [0.717, 1.165) is 16.4 Å². The second kappa shape index (κ2) is 9.86. The average molecular weight is 477 g/mol. The van der Waals surface area contributed by atoms with Crippen LogP contribution in [0.4, 0.5) is 20.2 Å². The highest BCUT2D eigenvalue weighted by atomic mass is 32.2. The van der Waals surface area contributed by atoms with Gasteiger partial charge in [-0.25, -0.2) is 17.2 Å². The predicted octanol–water partition coefficient (Wildman–Crippen LogP) is 4.12. The number of anilines is 2. The third-order valence-electron chi connectivity index (χ3n) is 4.74. The van der Waals surface area contributed by atoms with Gasteiger partial charge in [0.2, 0.25) is 5.91 Å². The molecule has 1 amide bonds. The lowest BCUT2D eigenvalue weighted by Gasteiger charge is -2.25. The third kappa shape index (κ3) is 5.40. The summed E-state index contributed by atoms with van der Waals surface area (Å²) in [4.78, 5) is 12.6. The van der Waals surface area contributed by atoms with Crippen molar-refractivity contribution in [1.82, 2.24) is 0 Å². The number of sulfonamides is 1. The highest BCUT2D eigenvalue weighted by Crippen LogP contribution is 2.31. The molecule has 0 unspecified atom stereocenters. The van der Waals surface area contributed by atoms with E-state index in [9.17, 15) is 22.0 Å². The molecule has 0 atom stereocenters. The number of methoxy groups -OCH3 is 2. The molecule has 3 aromatic rings. The fourth-order valence-electron chi connectivity index (χ4n) is 3.08. The van der Waals surface area contributed by atoms with Gasteiger partial charge in [0.25, 0.3) is 10.0 Å². The van der Waals surface area contributed by atoms with Gasteiger partial charge in [-0.3, -0.25) is 9.10 Å². The Hall–Kier alpha value is -3.66. The molecule has 0 aromatic heterocycles. The molecular formula is C23H22F2N2O5S. The van der Waals surface area contributed by atoms with Gasteiger partial charge in [0.1, 0.15) is 34.6 Å². The van der Waals surface area contributed by atoms with Crippen molar-refractivity contribution in [2.75, 3.05) is 30.4 Å². The summed E-state index contributed by atoms with van der Waals surface area (Å²) in [5.41, 5.74) is 0.567. The third-order valence-corrected chi connectivity index (χ3v) is 6.54. The number of benzene rings is 3. The van der Waals surface area contributed by atoms with Crippen LogP contribution >= 0.6 is 0 Å². The highest BCUT2D eigenvalue weighted by Gasteiger charge is 2.30. The number of amides is 1. The van der Waals surface area contributed by atoms with Gasteiger partial charge in [-0.2, -0.15) is 0 Å². The molecule has 3 aromatic carbocycles. The van der Waals surface area contributed by atoms with Crippen LogP contribution in [0.2, 0.25) is 0 Å². The zero-order valence-corrected chi connectivity index (χ0v) is 18.9. The smallest absolute Gasteiger partial charge is 0.268 e. The van der Waals surface area contributed by atoms with Crippen molar-refractivity contribution in [2.24, 2.45) is 0 Å². The molecule has 1 N–H and O–H groups in total. The molecule has 0 aliphatic carbocycles. The minimum atomic E-state index is -4.29. The van der Waals surface area contributed by atoms with Crippen molar-refractivity contribution in [1.29, 1.82) is 0 Å². The number of nitrogens with zero attached hydrogens (tertiary/aromatic N) is 1. The Bertz CT molecular complexity index is 1260. The minimum absolute atomic E-state index is 0.101. The maximum Gasteiger partial charge on any atom is 0.268 e. The van der Waals surface area contributed by atoms with E-state index in [-0.39, 0.29) is 22.0 Å². The SMILES string of the molecule is COc1ccc(N(CC(=O)Nc2ccc(F)cc2F)S(=O)(=O)c2cc(C)ccc2OC)cc1. The number of rotatable bonds is 8. The van der Waals surface area contributed by atoms with Crippen LogP contribution in [0.15, 0.2) is 65.6 Å². The van der Waals surface area contributed by atoms with E-state index in [4.69, 9.17) is 9.47 Å². The largest absolute Gasteiger partial charge is 0.497 e. The van der Waals surface area contributed by atoms with Crippen LogP contribution in [0.1, 0.15) is 5.56 Å². The second-order valence-electron chi connectivity index (χ2n) is 7.04. The molecule has 3 rings (SSSR count). The first-order chi connectivity index (χ1) is 15.6. The Morgan fingerprint density at radius 2 is 1.67 bits per heavy atom. The van der Waals surface area contributed by atoms with Crippen molar-refractivity contribution in [3.05, 3.63) is 77.9 Å². The molecule has 7 nitrogen and oxygen atoms in total. The zero-order valence-electron chi connectivity index (χ0n) is 18.1. The molecule has 33 heavy (non-hydrogen) atoms. The van der Waals surface area contributed by atoms with Crippen LogP contribution in [-0.4, -0.2) is 35.1 Å². The zero-order chi connectivity index (χ0) is 24.2. The number of hydrogen-bond acceptors (Lipinski definition) is 5. The van der Waals surface area contributed by atoms with Gasteiger partial charge < -0.3 is 14.8 Å². The van der Waals surface area contributed by atoms with Gasteiger partial charge in [0.15, 0.2) is 0 Å². The molecular weight excluding hydrogens is 454 g/mol. The summed E-state index contributed by atoms with van der Waals surface area (Å²) in [5, 5.41) is 2.28. The van der Waals surface area contributed by atoms with E-state index in [1.165, 1.54) is 38.5 Å². The number of ether oxygens (including phenoxy) is 2. The monoisotopic (exact) mass is 476 g/mol. The molecule has 0 radical (unpaired) electrons. The average Bonchev–Trinajstić information content (AvgIpc) is 2.79. The van der Waals surface area contributed by atoms with Gasteiger partial charge in [-0.1, -0.05) is 6.07 Å². The van der Waals surface area contributed by atoms with E-state index in [0.29, 0.717) is 17.4 Å². The summed E-state index contributed by atoms with van der Waals surface area (Å²) in [5.74, 6) is -2.03. The Labute approximate surface area is 190 Å². The topological polar surface area (TPSA) is 84.9 Å². The second-order valence-corrected chi connectivity index (χ2v) is 8.87. The summed E-state index contributed by atoms with van der Waals surface area (Å²) in [7, 11) is -1.49. The van der Waals surface area contributed by atoms with Crippen molar-refractivity contribution in [3.8, 4) is 11.5 Å². The number of halogens is 2. The minimum Gasteiger partial charge on any atom is -0.497 e. The molecule has 0 aliphatic rings. The predicted molar refractivity (Wildman–Crippen MR) is 120 cm³/mol. The fraction of sp³-hybridized carbons (Fsp3) is 0.174. The lowest BCUT2D eigenvalue weighted by atomic mass is 10.2. The van der Waals surface area contributed by atoms with Gasteiger partial charge in [-0.05, 0) is 61.0 Å². The summed E-state index contributed by atoms with van der Waals surface area (Å²) >= 11 is 0. The maximum absolute atomic E-state index is 14.0. The van der Waals surface area contributed by atoms with E-state index in [1.807, 2.05) is 0 Å². The summed E-state index contributed by atoms with van der Waals surface area (Å²) in [6.45, 7) is 1.04. The number of nitrogens with one attached hydrogen (secondary N) is 1. The molecule has 0 spiro atoms. The maximum atomic E-state index is 14.0. The van der Waals surface area contributed by atoms with Crippen molar-refractivity contribution < 1.29 is 31.5 Å². The lowest BCUT2D eigenvalue weighted by molar-refractivity contribution is -0.114. The number of carbonyl (C=O) groups is 1. The number of hydrogen-bond donors (Lipinski definition) is 1. The van der Waals surface area contributed by atoms with Gasteiger partial charge >= 0.3 is 0 Å². The van der Waals surface area contributed by atoms with Gasteiger partial charge in [0.05, 0.1) is 25.6 Å². The molecule has 174 valence electrons. The van der Waals surface area contributed by atoms with E-state index < -0.39 is 34.1 Å². The van der Waals surface area contributed by atoms with Crippen molar-refractivity contribution in [3.63, 3.8) is 0 Å². The van der Waals surface area contributed by atoms with Crippen LogP contribution in [-0.2, 0) is 14.8 Å². The van der Waals surface area contributed by atoms with Crippen molar-refractivity contribution >= 4 is 27.3 Å². The molecule has 0 heterocycles. The summed E-state index contributed by atoms with van der Waals surface area (Å²) in [6, 6.07) is 13.3. The quantitative estimate of drug-likeness (QED) is 0.529. The van der Waals surface area contributed by atoms with Gasteiger partial charge in [-0.15, -0.1) is 0 Å². The lowest BCUT2D eigenvalue weighted by Crippen LogP contribution is -2.38. The van der Waals surface area contributed by atoms with Crippen LogP contribution in [0.5, 0.6) is 11.5 Å². The molecule has 0 aliphatic heterocycles. The molecule has 0 saturated carbocycles. The Kier molecular flexibility index (Phi) is 7.17. The fourth-order valence-corrected chi connectivity index (χ4v) is 4.74. The first kappa shape index (κ1) is 24.0. The molecule has 10 heteroatoms. The van der Waals surface area contributed by atoms with Crippen LogP contribution in [0, 0.1) is 18.6 Å². The normalized spacial score (nSPS) is 11.1. The van der Waals surface area contributed by atoms with Crippen LogP contribution in [0.3, 0.4) is 0 Å². The van der Waals surface area contributed by atoms with Gasteiger partial charge in [0, 0.05) is 6.07 Å². The highest BCUT2D eigenvalue weighted by molar-refractivity contribution is 7.93. The first-order valence-corrected chi connectivity index (χ1v) is 11.2. The van der Waals surface area contributed by atoms with Crippen LogP contribution in [0.25, 0.3) is 0 Å². The number of aryl methyl sites for hydroxylation is 1. The Morgan fingerprint density at radius 1 is 0.970 bits per heavy atom. The van der Waals surface area contributed by atoms with Crippen LogP contribution < -0.4 is 19.1 Å². The Balaban J connectivity index is 2.02. The first-order valence-electron chi connectivity index (χ1n) is 9.72. The standard InChI is InChI=1S/C23H22F2N2O5S/c1-15-4-11-21(32-3)22(12-15)33(29,30)27(17-6-8-18(31-2)9-7-17)14-23(28)26-20-10-5-16(24)13-19(20)25/h4-13H,14H2,1-3H3,(H,26,28). The van der Waals surface area contributed by atoms with E-state index in [1.54, 1.807) is 25.1 Å². The molecule has 0 saturated heterocycles. The molecule has 0 bridgehead atoms. The van der Waals surface area contributed by atoms with Crippen molar-refractivity contribution in [2.45, 2.75) is 11.8 Å². The molecule has 0 fully saturated rings.